The zero-order valence-electron chi connectivity index (χ0n) is 11.5. The molecule has 0 fully saturated rings. The Morgan fingerprint density at radius 2 is 2.16 bits per heavy atom. The summed E-state index contributed by atoms with van der Waals surface area (Å²) in [7, 11) is 1.75. The average Bonchev–Trinajstić information content (AvgIpc) is 2.78. The molecule has 0 aliphatic carbocycles. The van der Waals surface area contributed by atoms with Crippen molar-refractivity contribution < 1.29 is 0 Å². The summed E-state index contributed by atoms with van der Waals surface area (Å²) in [5.41, 5.74) is 0.394. The summed E-state index contributed by atoms with van der Waals surface area (Å²) in [6.07, 6.45) is 5.15. The number of unbranched alkanes of at least 4 members (excludes halogenated alkanes) is 2. The summed E-state index contributed by atoms with van der Waals surface area (Å²) in [6.45, 7) is 4.41. The Hall–Kier alpha value is -1.76. The third-order valence-corrected chi connectivity index (χ3v) is 3.08. The number of hydrogen-bond acceptors (Lipinski definition) is 5. The van der Waals surface area contributed by atoms with E-state index in [4.69, 9.17) is 0 Å². The number of hydrogen-bond donors (Lipinski definition) is 1. The van der Waals surface area contributed by atoms with Gasteiger partial charge in [-0.2, -0.15) is 5.10 Å². The number of rotatable bonds is 7. The van der Waals surface area contributed by atoms with Gasteiger partial charge in [0.05, 0.1) is 12.7 Å². The van der Waals surface area contributed by atoms with E-state index in [0.29, 0.717) is 17.6 Å². The maximum atomic E-state index is 12.1. The first kappa shape index (κ1) is 13.7. The minimum atomic E-state index is -0.131. The lowest BCUT2D eigenvalue weighted by molar-refractivity contribution is 0.504. The van der Waals surface area contributed by atoms with Crippen molar-refractivity contribution in [2.75, 3.05) is 13.1 Å². The van der Waals surface area contributed by atoms with Gasteiger partial charge in [0.25, 0.3) is 5.56 Å². The minimum absolute atomic E-state index is 0.131. The highest BCUT2D eigenvalue weighted by Crippen LogP contribution is 2.01. The molecule has 0 unspecified atom stereocenters. The molecule has 0 saturated carbocycles. The Labute approximate surface area is 111 Å². The zero-order chi connectivity index (χ0) is 13.7. The van der Waals surface area contributed by atoms with Crippen LogP contribution >= 0.6 is 0 Å². The van der Waals surface area contributed by atoms with E-state index in [1.54, 1.807) is 11.7 Å². The maximum Gasteiger partial charge on any atom is 0.280 e. The number of aromatic nitrogens is 5. The summed E-state index contributed by atoms with van der Waals surface area (Å²) in [5.74, 6) is 0. The van der Waals surface area contributed by atoms with Crippen LogP contribution in [0.3, 0.4) is 0 Å². The first-order valence-electron chi connectivity index (χ1n) is 6.70. The molecule has 1 N–H and O–H groups in total. The second-order valence-corrected chi connectivity index (χ2v) is 4.58. The summed E-state index contributed by atoms with van der Waals surface area (Å²) < 4.78 is 2.94. The fraction of sp³-hybridized carbons (Fsp3) is 0.667. The number of nitrogens with one attached hydrogen (secondary N) is 1. The largest absolute Gasteiger partial charge is 0.315 e. The zero-order valence-corrected chi connectivity index (χ0v) is 11.5. The number of fused-ring (bicyclic) bond motifs is 1. The molecule has 0 atom stereocenters. The van der Waals surface area contributed by atoms with Crippen LogP contribution in [-0.4, -0.2) is 37.9 Å². The second kappa shape index (κ2) is 6.42. The SMILES string of the molecule is CCCCCNCCn1nnc2c(cnn2C)c1=O. The Kier molecular flexibility index (Phi) is 4.62. The monoisotopic (exact) mass is 264 g/mol. The van der Waals surface area contributed by atoms with Gasteiger partial charge in [-0.3, -0.25) is 4.79 Å². The molecule has 0 spiro atoms. The predicted molar refractivity (Wildman–Crippen MR) is 73.0 cm³/mol. The predicted octanol–water partition coefficient (Wildman–Crippen LogP) is 0.305. The van der Waals surface area contributed by atoms with Crippen molar-refractivity contribution in [2.24, 2.45) is 7.05 Å². The van der Waals surface area contributed by atoms with Gasteiger partial charge in [0.1, 0.15) is 5.39 Å². The molecule has 2 heterocycles. The van der Waals surface area contributed by atoms with Crippen LogP contribution in [0.5, 0.6) is 0 Å². The van der Waals surface area contributed by atoms with Crippen molar-refractivity contribution in [2.45, 2.75) is 32.7 Å². The van der Waals surface area contributed by atoms with Crippen LogP contribution in [0.4, 0.5) is 0 Å². The highest BCUT2D eigenvalue weighted by molar-refractivity contribution is 5.72. The Morgan fingerprint density at radius 1 is 1.32 bits per heavy atom. The van der Waals surface area contributed by atoms with Crippen molar-refractivity contribution in [3.63, 3.8) is 0 Å². The van der Waals surface area contributed by atoms with Gasteiger partial charge in [0.15, 0.2) is 5.65 Å². The van der Waals surface area contributed by atoms with E-state index < -0.39 is 0 Å². The fourth-order valence-electron chi connectivity index (χ4n) is 1.93. The van der Waals surface area contributed by atoms with E-state index in [9.17, 15) is 4.79 Å². The van der Waals surface area contributed by atoms with E-state index in [1.807, 2.05) is 0 Å². The van der Waals surface area contributed by atoms with E-state index in [0.717, 1.165) is 13.1 Å². The van der Waals surface area contributed by atoms with Gasteiger partial charge in [-0.05, 0) is 13.0 Å². The fourth-order valence-corrected chi connectivity index (χ4v) is 1.93. The molecule has 7 nitrogen and oxygen atoms in total. The van der Waals surface area contributed by atoms with Crippen LogP contribution < -0.4 is 10.9 Å². The molecule has 0 aliphatic heterocycles. The lowest BCUT2D eigenvalue weighted by Crippen LogP contribution is -2.30. The van der Waals surface area contributed by atoms with Gasteiger partial charge < -0.3 is 5.32 Å². The van der Waals surface area contributed by atoms with E-state index in [2.05, 4.69) is 27.7 Å². The highest BCUT2D eigenvalue weighted by Gasteiger charge is 2.08. The molecule has 7 heteroatoms. The van der Waals surface area contributed by atoms with E-state index in [-0.39, 0.29) is 5.56 Å². The Balaban J connectivity index is 1.94. The first-order chi connectivity index (χ1) is 9.24. The van der Waals surface area contributed by atoms with Crippen LogP contribution in [0.2, 0.25) is 0 Å². The molecule has 0 saturated heterocycles. The van der Waals surface area contributed by atoms with Gasteiger partial charge in [-0.15, -0.1) is 5.10 Å². The Bertz CT molecular complexity index is 587. The highest BCUT2D eigenvalue weighted by atomic mass is 16.1. The second-order valence-electron chi connectivity index (χ2n) is 4.58. The molecule has 0 aliphatic rings. The van der Waals surface area contributed by atoms with Crippen LogP contribution in [0.1, 0.15) is 26.2 Å². The van der Waals surface area contributed by atoms with Crippen LogP contribution in [0.15, 0.2) is 11.0 Å². The molecule has 0 bridgehead atoms. The molecule has 2 aromatic rings. The minimum Gasteiger partial charge on any atom is -0.315 e. The number of aryl methyl sites for hydroxylation is 1. The molecular formula is C12H20N6O. The Morgan fingerprint density at radius 3 is 2.95 bits per heavy atom. The smallest absolute Gasteiger partial charge is 0.280 e. The topological polar surface area (TPSA) is 77.6 Å². The van der Waals surface area contributed by atoms with Crippen LogP contribution in [0.25, 0.3) is 11.0 Å². The van der Waals surface area contributed by atoms with E-state index in [1.165, 1.54) is 30.1 Å². The summed E-state index contributed by atoms with van der Waals surface area (Å²) in [6, 6.07) is 0. The molecule has 0 radical (unpaired) electrons. The third kappa shape index (κ3) is 3.17. The molecule has 0 aromatic carbocycles. The molecule has 2 aromatic heterocycles. The van der Waals surface area contributed by atoms with Crippen molar-refractivity contribution in [3.05, 3.63) is 16.6 Å². The first-order valence-corrected chi connectivity index (χ1v) is 6.70. The van der Waals surface area contributed by atoms with Crippen LogP contribution in [-0.2, 0) is 13.6 Å². The van der Waals surface area contributed by atoms with Crippen LogP contribution in [0, 0.1) is 0 Å². The van der Waals surface area contributed by atoms with Gasteiger partial charge in [0, 0.05) is 13.6 Å². The number of nitrogens with zero attached hydrogens (tertiary/aromatic N) is 5. The molecule has 104 valence electrons. The van der Waals surface area contributed by atoms with Crippen molar-refractivity contribution in [1.82, 2.24) is 30.1 Å². The van der Waals surface area contributed by atoms with Crippen molar-refractivity contribution in [1.29, 1.82) is 0 Å². The maximum absolute atomic E-state index is 12.1. The van der Waals surface area contributed by atoms with Crippen molar-refractivity contribution in [3.8, 4) is 0 Å². The van der Waals surface area contributed by atoms with Gasteiger partial charge in [-0.1, -0.05) is 25.0 Å². The summed E-state index contributed by atoms with van der Waals surface area (Å²) in [4.78, 5) is 12.1. The molecule has 2 rings (SSSR count). The summed E-state index contributed by atoms with van der Waals surface area (Å²) >= 11 is 0. The molecule has 19 heavy (non-hydrogen) atoms. The quantitative estimate of drug-likeness (QED) is 0.728. The van der Waals surface area contributed by atoms with Crippen molar-refractivity contribution >= 4 is 11.0 Å². The van der Waals surface area contributed by atoms with Gasteiger partial charge in [-0.25, -0.2) is 9.36 Å². The average molecular weight is 264 g/mol. The van der Waals surface area contributed by atoms with E-state index >= 15 is 0 Å². The lowest BCUT2D eigenvalue weighted by Gasteiger charge is -2.05. The summed E-state index contributed by atoms with van der Waals surface area (Å²) in [5, 5.41) is 15.8. The van der Waals surface area contributed by atoms with Gasteiger partial charge >= 0.3 is 0 Å². The van der Waals surface area contributed by atoms with Gasteiger partial charge in [0.2, 0.25) is 0 Å². The molecule has 0 amide bonds. The lowest BCUT2D eigenvalue weighted by atomic mass is 10.2. The third-order valence-electron chi connectivity index (χ3n) is 3.08. The normalized spacial score (nSPS) is 11.3. The standard InChI is InChI=1S/C12H20N6O/c1-3-4-5-6-13-7-8-18-12(19)10-9-14-17(2)11(10)15-16-18/h9,13H,3-8H2,1-2H3. The molecular weight excluding hydrogens is 244 g/mol.